The van der Waals surface area contributed by atoms with Crippen molar-refractivity contribution in [3.8, 4) is 0 Å². The molecule has 0 unspecified atom stereocenters. The van der Waals surface area contributed by atoms with Gasteiger partial charge in [0.05, 0.1) is 5.60 Å². The summed E-state index contributed by atoms with van der Waals surface area (Å²) in [5.41, 5.74) is -0.220. The zero-order chi connectivity index (χ0) is 5.91. The maximum absolute atomic E-state index is 4.64. The fourth-order valence-corrected chi connectivity index (χ4v) is 0.375. The molecule has 0 aliphatic rings. The zero-order valence-corrected chi connectivity index (χ0v) is 5.82. The predicted molar refractivity (Wildman–Crippen MR) is 27.7 cm³/mol. The summed E-state index contributed by atoms with van der Waals surface area (Å²) < 4.78 is 4.21. The molecular formula is C4H9O2Si. The van der Waals surface area contributed by atoms with Gasteiger partial charge in [-0.05, 0) is 20.8 Å². The van der Waals surface area contributed by atoms with Gasteiger partial charge in [0.2, 0.25) is 0 Å². The molecule has 0 bridgehead atoms. The summed E-state index contributed by atoms with van der Waals surface area (Å²) in [5, 5.41) is 0. The summed E-state index contributed by atoms with van der Waals surface area (Å²) in [6.45, 7) is 5.69. The second kappa shape index (κ2) is 2.45. The van der Waals surface area contributed by atoms with Crippen LogP contribution in [0, 0.1) is 0 Å². The quantitative estimate of drug-likeness (QED) is 0.287. The lowest BCUT2D eigenvalue weighted by atomic mass is 10.2. The van der Waals surface area contributed by atoms with Crippen LogP contribution in [-0.2, 0) is 9.46 Å². The molecule has 0 amide bonds. The first kappa shape index (κ1) is 7.14. The molecule has 0 aromatic rings. The topological polar surface area (TPSA) is 18.5 Å². The van der Waals surface area contributed by atoms with Gasteiger partial charge in [-0.15, -0.1) is 0 Å². The third-order valence-corrected chi connectivity index (χ3v) is 0.375. The van der Waals surface area contributed by atoms with Crippen LogP contribution in [0.1, 0.15) is 20.8 Å². The number of rotatable bonds is 1. The van der Waals surface area contributed by atoms with Gasteiger partial charge in [-0.2, -0.15) is 0 Å². The summed E-state index contributed by atoms with van der Waals surface area (Å²) in [7, 11) is 2.71. The third kappa shape index (κ3) is 6.14. The Labute approximate surface area is 47.3 Å². The van der Waals surface area contributed by atoms with E-state index in [2.05, 4.69) is 20.0 Å². The number of hydrogen-bond acceptors (Lipinski definition) is 2. The van der Waals surface area contributed by atoms with Gasteiger partial charge >= 0.3 is 10.5 Å². The lowest BCUT2D eigenvalue weighted by Gasteiger charge is -2.15. The van der Waals surface area contributed by atoms with Gasteiger partial charge in [-0.3, -0.25) is 4.58 Å². The van der Waals surface area contributed by atoms with Gasteiger partial charge < -0.3 is 0 Å². The Morgan fingerprint density at radius 2 is 1.71 bits per heavy atom. The molecule has 0 spiro atoms. The maximum atomic E-state index is 4.64. The summed E-state index contributed by atoms with van der Waals surface area (Å²) >= 11 is 0. The predicted octanol–water partition coefficient (Wildman–Crippen LogP) is 0.817. The first-order valence-corrected chi connectivity index (χ1v) is 2.48. The average molecular weight is 117 g/mol. The fraction of sp³-hybridized carbons (Fsp3) is 1.00. The molecule has 3 heteroatoms. The third-order valence-electron chi connectivity index (χ3n) is 0.292. The fourth-order valence-electron chi connectivity index (χ4n) is 0.125. The number of hydrogen-bond donors (Lipinski definition) is 0. The summed E-state index contributed by atoms with van der Waals surface area (Å²) in [5.74, 6) is 0. The minimum absolute atomic E-state index is 0.220. The monoisotopic (exact) mass is 117 g/mol. The molecule has 0 aliphatic carbocycles. The molecule has 0 N–H and O–H groups in total. The molecule has 41 valence electrons. The van der Waals surface area contributed by atoms with Crippen molar-refractivity contribution < 1.29 is 9.46 Å². The lowest BCUT2D eigenvalue weighted by molar-refractivity contribution is -0.273. The van der Waals surface area contributed by atoms with E-state index in [1.165, 1.54) is 0 Å². The van der Waals surface area contributed by atoms with E-state index in [-0.39, 0.29) is 5.60 Å². The van der Waals surface area contributed by atoms with E-state index >= 15 is 0 Å². The van der Waals surface area contributed by atoms with Gasteiger partial charge in [0.25, 0.3) is 0 Å². The lowest BCUT2D eigenvalue weighted by Crippen LogP contribution is -2.18. The molecule has 0 aliphatic heterocycles. The van der Waals surface area contributed by atoms with E-state index in [1.807, 2.05) is 20.8 Å². The van der Waals surface area contributed by atoms with Crippen molar-refractivity contribution in [3.05, 3.63) is 0 Å². The van der Waals surface area contributed by atoms with Crippen molar-refractivity contribution in [1.29, 1.82) is 0 Å². The van der Waals surface area contributed by atoms with Gasteiger partial charge in [-0.25, -0.2) is 4.89 Å². The Morgan fingerprint density at radius 1 is 1.29 bits per heavy atom. The molecule has 0 aromatic carbocycles. The van der Waals surface area contributed by atoms with Gasteiger partial charge in [0.15, 0.2) is 0 Å². The second-order valence-electron chi connectivity index (χ2n) is 2.28. The Balaban J connectivity index is 3.15. The first-order valence-electron chi connectivity index (χ1n) is 2.07. The molecule has 0 rings (SSSR count). The van der Waals surface area contributed by atoms with Crippen LogP contribution < -0.4 is 0 Å². The Bertz CT molecular complexity index is 48.1. The first-order chi connectivity index (χ1) is 3.06. The van der Waals surface area contributed by atoms with Crippen LogP contribution in [0.4, 0.5) is 0 Å². The maximum Gasteiger partial charge on any atom is 0.302 e. The highest BCUT2D eigenvalue weighted by Crippen LogP contribution is 2.04. The van der Waals surface area contributed by atoms with Gasteiger partial charge in [0.1, 0.15) is 0 Å². The van der Waals surface area contributed by atoms with Crippen LogP contribution in [0.15, 0.2) is 0 Å². The standard InChI is InChI=1S/C4H9O2Si/c1-4(2,3)5-6-7/h1-3H3. The molecule has 2 nitrogen and oxygen atoms in total. The van der Waals surface area contributed by atoms with Crippen molar-refractivity contribution in [1.82, 2.24) is 0 Å². The second-order valence-corrected chi connectivity index (χ2v) is 2.45. The van der Waals surface area contributed by atoms with E-state index in [1.54, 1.807) is 0 Å². The Morgan fingerprint density at radius 3 is 1.71 bits per heavy atom. The highest BCUT2D eigenvalue weighted by Gasteiger charge is 2.08. The molecule has 0 heterocycles. The van der Waals surface area contributed by atoms with E-state index in [9.17, 15) is 0 Å². The van der Waals surface area contributed by atoms with Crippen LogP contribution in [-0.4, -0.2) is 16.1 Å². The van der Waals surface area contributed by atoms with E-state index in [4.69, 9.17) is 0 Å². The molecule has 0 saturated heterocycles. The molecule has 3 radical (unpaired) electrons. The molecule has 0 aromatic heterocycles. The van der Waals surface area contributed by atoms with Crippen LogP contribution in [0.3, 0.4) is 0 Å². The average Bonchev–Trinajstić information content (AvgIpc) is 1.30. The molecule has 0 fully saturated rings. The van der Waals surface area contributed by atoms with Crippen molar-refractivity contribution in [2.24, 2.45) is 0 Å². The van der Waals surface area contributed by atoms with Gasteiger partial charge in [0, 0.05) is 0 Å². The molecule has 0 saturated carbocycles. The minimum atomic E-state index is -0.220. The van der Waals surface area contributed by atoms with Crippen molar-refractivity contribution in [3.63, 3.8) is 0 Å². The Kier molecular flexibility index (Phi) is 2.49. The Hall–Kier alpha value is 0.137. The van der Waals surface area contributed by atoms with Crippen molar-refractivity contribution in [2.45, 2.75) is 26.4 Å². The molecular weight excluding hydrogens is 108 g/mol. The molecule has 7 heavy (non-hydrogen) atoms. The summed E-state index contributed by atoms with van der Waals surface area (Å²) in [4.78, 5) is 4.64. The zero-order valence-electron chi connectivity index (χ0n) is 4.82. The van der Waals surface area contributed by atoms with E-state index in [0.717, 1.165) is 0 Å². The smallest absolute Gasteiger partial charge is 0.288 e. The van der Waals surface area contributed by atoms with E-state index < -0.39 is 0 Å². The van der Waals surface area contributed by atoms with E-state index in [0.29, 0.717) is 0 Å². The highest BCUT2D eigenvalue weighted by atomic mass is 28.2. The van der Waals surface area contributed by atoms with Gasteiger partial charge in [-0.1, -0.05) is 0 Å². The normalized spacial score (nSPS) is 12.0. The SMILES string of the molecule is CC(C)(C)OO[Si]. The van der Waals surface area contributed by atoms with Crippen LogP contribution in [0.2, 0.25) is 0 Å². The van der Waals surface area contributed by atoms with Crippen LogP contribution in [0.5, 0.6) is 0 Å². The van der Waals surface area contributed by atoms with Crippen LogP contribution in [0.25, 0.3) is 0 Å². The largest absolute Gasteiger partial charge is 0.302 e. The summed E-state index contributed by atoms with van der Waals surface area (Å²) in [6, 6.07) is 0. The molecule has 0 atom stereocenters. The summed E-state index contributed by atoms with van der Waals surface area (Å²) in [6.07, 6.45) is 0. The van der Waals surface area contributed by atoms with Crippen molar-refractivity contribution >= 4 is 10.5 Å². The van der Waals surface area contributed by atoms with Crippen molar-refractivity contribution in [2.75, 3.05) is 0 Å². The van der Waals surface area contributed by atoms with Crippen LogP contribution >= 0.6 is 0 Å². The highest BCUT2D eigenvalue weighted by molar-refractivity contribution is 5.97. The minimum Gasteiger partial charge on any atom is -0.288 e.